The maximum absolute atomic E-state index is 13.3. The molecule has 142 valence electrons. The molecule has 1 atom stereocenters. The van der Waals surface area contributed by atoms with Gasteiger partial charge in [0.2, 0.25) is 6.10 Å². The average molecular weight is 390 g/mol. The summed E-state index contributed by atoms with van der Waals surface area (Å²) in [6.07, 6.45) is -12.0. The lowest BCUT2D eigenvalue weighted by Crippen LogP contribution is -2.41. The molecule has 11 heteroatoms. The fourth-order valence-electron chi connectivity index (χ4n) is 2.27. The van der Waals surface area contributed by atoms with Crippen LogP contribution < -0.4 is 9.47 Å². The summed E-state index contributed by atoms with van der Waals surface area (Å²) in [6.45, 7) is 1.16. The second kappa shape index (κ2) is 7.46. The molecule has 1 aliphatic rings. The zero-order valence-corrected chi connectivity index (χ0v) is 13.5. The number of rotatable bonds is 3. The molecule has 0 saturated heterocycles. The van der Waals surface area contributed by atoms with Crippen molar-refractivity contribution in [1.82, 2.24) is 0 Å². The number of alkyl halides is 6. The molecule has 1 heterocycles. The highest BCUT2D eigenvalue weighted by Crippen LogP contribution is 2.41. The van der Waals surface area contributed by atoms with Crippen LogP contribution in [-0.2, 0) is 9.53 Å². The minimum atomic E-state index is -5.06. The van der Waals surface area contributed by atoms with Gasteiger partial charge in [0.1, 0.15) is 11.5 Å². The summed E-state index contributed by atoms with van der Waals surface area (Å²) in [4.78, 5) is 11.9. The van der Waals surface area contributed by atoms with Crippen molar-refractivity contribution in [2.75, 3.05) is 6.61 Å². The molecule has 4 nitrogen and oxygen atoms in total. The van der Waals surface area contributed by atoms with Gasteiger partial charge in [-0.3, -0.25) is 0 Å². The minimum absolute atomic E-state index is 0.214. The van der Waals surface area contributed by atoms with Crippen molar-refractivity contribution in [1.29, 1.82) is 0 Å². The first-order chi connectivity index (χ1) is 12.5. The van der Waals surface area contributed by atoms with Gasteiger partial charge in [0.05, 0.1) is 17.7 Å². The number of carbonyl (C=O) groups is 1. The minimum Gasteiger partial charge on any atom is -0.474 e. The lowest BCUT2D eigenvalue weighted by Gasteiger charge is -2.28. The van der Waals surface area contributed by atoms with E-state index in [4.69, 9.17) is 12.6 Å². The summed E-state index contributed by atoms with van der Waals surface area (Å²) in [6, 6.07) is 1.49. The molecule has 1 aliphatic heterocycles. The Balaban J connectivity index is 2.65. The van der Waals surface area contributed by atoms with Gasteiger partial charge in [-0.15, -0.1) is 13.2 Å². The number of esters is 1. The van der Waals surface area contributed by atoms with Crippen molar-refractivity contribution < 1.29 is 45.3 Å². The van der Waals surface area contributed by atoms with Crippen LogP contribution in [0.5, 0.6) is 11.5 Å². The highest BCUT2D eigenvalue weighted by atomic mass is 19.4. The SMILES string of the molecule is [B]C#Cc1cc(OC(F)(F)F)cc2c1OC(C(F)(F)F)C(C(=O)OCC)=C2. The molecule has 0 N–H and O–H groups in total. The maximum atomic E-state index is 13.3. The van der Waals surface area contributed by atoms with Crippen LogP contribution in [0.2, 0.25) is 0 Å². The van der Waals surface area contributed by atoms with Crippen LogP contribution in [0.3, 0.4) is 0 Å². The van der Waals surface area contributed by atoms with E-state index in [1.54, 1.807) is 0 Å². The zero-order valence-electron chi connectivity index (χ0n) is 13.5. The maximum Gasteiger partial charge on any atom is 0.573 e. The largest absolute Gasteiger partial charge is 0.573 e. The molecule has 0 amide bonds. The number of fused-ring (bicyclic) bond motifs is 1. The number of benzene rings is 1. The van der Waals surface area contributed by atoms with Crippen molar-refractivity contribution >= 4 is 19.9 Å². The fourth-order valence-corrected chi connectivity index (χ4v) is 2.27. The molecule has 0 saturated carbocycles. The predicted molar refractivity (Wildman–Crippen MR) is 80.8 cm³/mol. The Kier molecular flexibility index (Phi) is 5.68. The Labute approximate surface area is 150 Å². The van der Waals surface area contributed by atoms with Crippen LogP contribution in [0.25, 0.3) is 6.08 Å². The summed E-state index contributed by atoms with van der Waals surface area (Å²) >= 11 is 0. The standard InChI is InChI=1S/C16H9BF6O4/c1-2-25-14(24)11-7-9-6-10(27-16(21,22)23)5-8(3-4-17)12(9)26-13(11)15(18,19)20/h5-7,13H,2H2,1H3. The Morgan fingerprint density at radius 1 is 1.26 bits per heavy atom. The molecular weight excluding hydrogens is 381 g/mol. The van der Waals surface area contributed by atoms with Crippen molar-refractivity contribution in [2.45, 2.75) is 25.6 Å². The third-order valence-corrected chi connectivity index (χ3v) is 3.17. The van der Waals surface area contributed by atoms with Gasteiger partial charge in [0.15, 0.2) is 7.85 Å². The number of halogens is 6. The summed E-state index contributed by atoms with van der Waals surface area (Å²) in [5, 5.41) is 0. The Morgan fingerprint density at radius 3 is 2.44 bits per heavy atom. The van der Waals surface area contributed by atoms with Crippen LogP contribution in [-0.4, -0.2) is 39.1 Å². The van der Waals surface area contributed by atoms with Crippen molar-refractivity contribution in [3.63, 3.8) is 0 Å². The number of carbonyl (C=O) groups excluding carboxylic acids is 1. The molecule has 0 aliphatic carbocycles. The highest BCUT2D eigenvalue weighted by Gasteiger charge is 2.49. The van der Waals surface area contributed by atoms with Crippen molar-refractivity contribution in [2.24, 2.45) is 0 Å². The normalized spacial score (nSPS) is 16.3. The van der Waals surface area contributed by atoms with Gasteiger partial charge >= 0.3 is 18.5 Å². The van der Waals surface area contributed by atoms with Gasteiger partial charge in [-0.1, -0.05) is 5.92 Å². The zero-order chi connectivity index (χ0) is 20.4. The first-order valence-electron chi connectivity index (χ1n) is 7.23. The fraction of sp³-hybridized carbons (Fsp3) is 0.312. The quantitative estimate of drug-likeness (QED) is 0.344. The predicted octanol–water partition coefficient (Wildman–Crippen LogP) is 3.33. The second-order valence-electron chi connectivity index (χ2n) is 5.07. The van der Waals surface area contributed by atoms with Gasteiger partial charge in [0, 0.05) is 5.56 Å². The molecule has 1 aromatic carbocycles. The smallest absolute Gasteiger partial charge is 0.474 e. The summed E-state index contributed by atoms with van der Waals surface area (Å²) in [5.41, 5.74) is -1.58. The van der Waals surface area contributed by atoms with Crippen LogP contribution in [0, 0.1) is 11.7 Å². The molecular formula is C16H9BF6O4. The van der Waals surface area contributed by atoms with Crippen LogP contribution in [0.1, 0.15) is 18.1 Å². The van der Waals surface area contributed by atoms with E-state index in [1.807, 2.05) is 5.82 Å². The van der Waals surface area contributed by atoms with E-state index < -0.39 is 41.7 Å². The van der Waals surface area contributed by atoms with E-state index in [0.29, 0.717) is 0 Å². The van der Waals surface area contributed by atoms with Gasteiger partial charge in [-0.2, -0.15) is 19.0 Å². The van der Waals surface area contributed by atoms with Gasteiger partial charge in [0.25, 0.3) is 0 Å². The molecule has 1 unspecified atom stereocenters. The van der Waals surface area contributed by atoms with E-state index in [-0.39, 0.29) is 17.7 Å². The monoisotopic (exact) mass is 390 g/mol. The molecule has 0 aromatic heterocycles. The first kappa shape index (κ1) is 20.5. The Morgan fingerprint density at radius 2 is 1.93 bits per heavy atom. The molecule has 2 rings (SSSR count). The summed E-state index contributed by atoms with van der Waals surface area (Å²) in [5.74, 6) is 1.44. The van der Waals surface area contributed by atoms with E-state index in [9.17, 15) is 31.1 Å². The third kappa shape index (κ3) is 4.90. The molecule has 1 aromatic rings. The third-order valence-electron chi connectivity index (χ3n) is 3.17. The lowest BCUT2D eigenvalue weighted by molar-refractivity contribution is -0.274. The summed E-state index contributed by atoms with van der Waals surface area (Å²) in [7, 11) is 5.02. The molecule has 0 fully saturated rings. The van der Waals surface area contributed by atoms with E-state index in [1.165, 1.54) is 6.92 Å². The van der Waals surface area contributed by atoms with E-state index >= 15 is 0 Å². The van der Waals surface area contributed by atoms with Gasteiger partial charge in [-0.05, 0) is 25.1 Å². The topological polar surface area (TPSA) is 44.8 Å². The number of hydrogen-bond acceptors (Lipinski definition) is 4. The first-order valence-corrected chi connectivity index (χ1v) is 7.23. The lowest BCUT2D eigenvalue weighted by atomic mass is 9.98. The van der Waals surface area contributed by atoms with Crippen LogP contribution in [0.15, 0.2) is 17.7 Å². The molecule has 2 radical (unpaired) electrons. The summed E-state index contributed by atoms with van der Waals surface area (Å²) < 4.78 is 90.5. The van der Waals surface area contributed by atoms with Crippen LogP contribution >= 0.6 is 0 Å². The molecule has 27 heavy (non-hydrogen) atoms. The molecule has 0 spiro atoms. The molecule has 0 bridgehead atoms. The number of ether oxygens (including phenoxy) is 3. The highest BCUT2D eigenvalue weighted by molar-refractivity contribution is 6.22. The van der Waals surface area contributed by atoms with E-state index in [2.05, 4.69) is 15.4 Å². The second-order valence-corrected chi connectivity index (χ2v) is 5.07. The van der Waals surface area contributed by atoms with Crippen molar-refractivity contribution in [3.8, 4) is 23.2 Å². The van der Waals surface area contributed by atoms with Gasteiger partial charge in [-0.25, -0.2) is 4.79 Å². The van der Waals surface area contributed by atoms with Crippen molar-refractivity contribution in [3.05, 3.63) is 28.8 Å². The van der Waals surface area contributed by atoms with Gasteiger partial charge < -0.3 is 14.2 Å². The Bertz CT molecular complexity index is 832. The average Bonchev–Trinajstić information content (AvgIpc) is 2.51. The van der Waals surface area contributed by atoms with Crippen LogP contribution in [0.4, 0.5) is 26.3 Å². The number of hydrogen-bond donors (Lipinski definition) is 0. The van der Waals surface area contributed by atoms with E-state index in [0.717, 1.165) is 18.2 Å². The Hall–Kier alpha value is -2.77.